The SMILES string of the molecule is CCn1c(=O)c2sc(N3CCCC3)nc2n(CC(=O)Nc2cccc(C)c2)c1=O. The molecule has 0 unspecified atom stereocenters. The van der Waals surface area contributed by atoms with Gasteiger partial charge < -0.3 is 10.2 Å². The maximum Gasteiger partial charge on any atom is 0.333 e. The van der Waals surface area contributed by atoms with E-state index in [4.69, 9.17) is 0 Å². The maximum absolute atomic E-state index is 12.9. The van der Waals surface area contributed by atoms with E-state index in [-0.39, 0.29) is 30.2 Å². The van der Waals surface area contributed by atoms with E-state index in [0.29, 0.717) is 10.4 Å². The van der Waals surface area contributed by atoms with Crippen LogP contribution in [0.3, 0.4) is 0 Å². The molecule has 1 aliphatic rings. The lowest BCUT2D eigenvalue weighted by Gasteiger charge is -2.12. The molecule has 0 bridgehead atoms. The van der Waals surface area contributed by atoms with Gasteiger partial charge in [-0.3, -0.25) is 18.7 Å². The van der Waals surface area contributed by atoms with Crippen molar-refractivity contribution in [1.82, 2.24) is 14.1 Å². The molecular formula is C20H23N5O3S. The van der Waals surface area contributed by atoms with Gasteiger partial charge in [0.1, 0.15) is 11.2 Å². The van der Waals surface area contributed by atoms with Crippen LogP contribution in [0.2, 0.25) is 0 Å². The number of anilines is 2. The fourth-order valence-corrected chi connectivity index (χ4v) is 4.67. The zero-order valence-electron chi connectivity index (χ0n) is 16.5. The molecule has 4 rings (SSSR count). The molecule has 29 heavy (non-hydrogen) atoms. The largest absolute Gasteiger partial charge is 0.348 e. The number of hydrogen-bond donors (Lipinski definition) is 1. The van der Waals surface area contributed by atoms with Crippen molar-refractivity contribution in [1.29, 1.82) is 0 Å². The van der Waals surface area contributed by atoms with Crippen LogP contribution in [0.4, 0.5) is 10.8 Å². The average molecular weight is 414 g/mol. The van der Waals surface area contributed by atoms with Crippen LogP contribution in [0.15, 0.2) is 33.9 Å². The van der Waals surface area contributed by atoms with Crippen LogP contribution >= 0.6 is 11.3 Å². The molecule has 1 aliphatic heterocycles. The molecule has 0 saturated carbocycles. The topological polar surface area (TPSA) is 89.2 Å². The predicted octanol–water partition coefficient (Wildman–Crippen LogP) is 2.19. The lowest BCUT2D eigenvalue weighted by atomic mass is 10.2. The summed E-state index contributed by atoms with van der Waals surface area (Å²) in [5.41, 5.74) is 1.13. The highest BCUT2D eigenvalue weighted by molar-refractivity contribution is 7.22. The number of aromatic nitrogens is 3. The smallest absolute Gasteiger partial charge is 0.333 e. The van der Waals surface area contributed by atoms with Crippen LogP contribution in [0.25, 0.3) is 10.3 Å². The van der Waals surface area contributed by atoms with E-state index < -0.39 is 5.69 Å². The minimum Gasteiger partial charge on any atom is -0.348 e. The van der Waals surface area contributed by atoms with Crippen LogP contribution in [0.1, 0.15) is 25.3 Å². The first-order valence-electron chi connectivity index (χ1n) is 9.73. The number of amides is 1. The Morgan fingerprint density at radius 3 is 2.66 bits per heavy atom. The van der Waals surface area contributed by atoms with E-state index in [1.54, 1.807) is 13.0 Å². The molecule has 3 heterocycles. The maximum atomic E-state index is 12.9. The molecule has 1 saturated heterocycles. The highest BCUT2D eigenvalue weighted by Crippen LogP contribution is 2.28. The second kappa shape index (κ2) is 7.82. The summed E-state index contributed by atoms with van der Waals surface area (Å²) in [6.07, 6.45) is 2.17. The van der Waals surface area contributed by atoms with E-state index in [2.05, 4.69) is 15.2 Å². The fraction of sp³-hybridized carbons (Fsp3) is 0.400. The van der Waals surface area contributed by atoms with Crippen LogP contribution in [0.5, 0.6) is 0 Å². The van der Waals surface area contributed by atoms with Gasteiger partial charge in [0.2, 0.25) is 5.91 Å². The lowest BCUT2D eigenvalue weighted by molar-refractivity contribution is -0.116. The highest BCUT2D eigenvalue weighted by Gasteiger charge is 2.22. The molecule has 1 fully saturated rings. The molecule has 0 radical (unpaired) electrons. The number of thiazole rings is 1. The van der Waals surface area contributed by atoms with Gasteiger partial charge in [0.25, 0.3) is 5.56 Å². The molecule has 2 aromatic heterocycles. The van der Waals surface area contributed by atoms with Crippen molar-refractivity contribution in [3.63, 3.8) is 0 Å². The Hall–Kier alpha value is -2.94. The third-order valence-corrected chi connectivity index (χ3v) is 6.14. The molecule has 3 aromatic rings. The molecular weight excluding hydrogens is 390 g/mol. The van der Waals surface area contributed by atoms with Gasteiger partial charge in [-0.1, -0.05) is 23.5 Å². The summed E-state index contributed by atoms with van der Waals surface area (Å²) in [7, 11) is 0. The van der Waals surface area contributed by atoms with Gasteiger partial charge >= 0.3 is 5.69 Å². The first-order chi connectivity index (χ1) is 14.0. The zero-order chi connectivity index (χ0) is 20.5. The van der Waals surface area contributed by atoms with Crippen LogP contribution in [0, 0.1) is 6.92 Å². The molecule has 1 N–H and O–H groups in total. The quantitative estimate of drug-likeness (QED) is 0.693. The Kier molecular flexibility index (Phi) is 5.23. The molecule has 8 nitrogen and oxygen atoms in total. The molecule has 9 heteroatoms. The molecule has 0 aliphatic carbocycles. The van der Waals surface area contributed by atoms with Gasteiger partial charge in [0.15, 0.2) is 10.8 Å². The van der Waals surface area contributed by atoms with Crippen LogP contribution in [-0.4, -0.2) is 33.1 Å². The standard InChI is InChI=1S/C20H23N5O3S/c1-3-24-18(27)16-17(22-19(29-16)23-9-4-5-10-23)25(20(24)28)12-15(26)21-14-8-6-7-13(2)11-14/h6-8,11H,3-5,9-10,12H2,1-2H3,(H,21,26). The van der Waals surface area contributed by atoms with Crippen molar-refractivity contribution in [2.75, 3.05) is 23.3 Å². The van der Waals surface area contributed by atoms with E-state index >= 15 is 0 Å². The van der Waals surface area contributed by atoms with Gasteiger partial charge in [0, 0.05) is 25.3 Å². The molecule has 152 valence electrons. The predicted molar refractivity (Wildman–Crippen MR) is 115 cm³/mol. The summed E-state index contributed by atoms with van der Waals surface area (Å²) in [6, 6.07) is 7.45. The van der Waals surface area contributed by atoms with Gasteiger partial charge in [-0.15, -0.1) is 0 Å². The van der Waals surface area contributed by atoms with Crippen LogP contribution < -0.4 is 21.5 Å². The summed E-state index contributed by atoms with van der Waals surface area (Å²) in [4.78, 5) is 45.0. The summed E-state index contributed by atoms with van der Waals surface area (Å²) < 4.78 is 2.88. The second-order valence-electron chi connectivity index (χ2n) is 7.18. The summed E-state index contributed by atoms with van der Waals surface area (Å²) in [5, 5.41) is 3.55. The number of nitrogens with one attached hydrogen (secondary N) is 1. The second-order valence-corrected chi connectivity index (χ2v) is 8.16. The third-order valence-electron chi connectivity index (χ3n) is 5.05. The molecule has 0 spiro atoms. The number of fused-ring (bicyclic) bond motifs is 1. The van der Waals surface area contributed by atoms with Crippen LogP contribution in [-0.2, 0) is 17.9 Å². The number of carbonyl (C=O) groups excluding carboxylic acids is 1. The third kappa shape index (κ3) is 3.69. The monoisotopic (exact) mass is 413 g/mol. The number of hydrogen-bond acceptors (Lipinski definition) is 6. The summed E-state index contributed by atoms with van der Waals surface area (Å²) in [6.45, 7) is 5.50. The number of nitrogens with zero attached hydrogens (tertiary/aromatic N) is 4. The van der Waals surface area contributed by atoms with Gasteiger partial charge in [0.05, 0.1) is 0 Å². The molecule has 1 amide bonds. The minimum atomic E-state index is -0.511. The van der Waals surface area contributed by atoms with E-state index in [1.165, 1.54) is 15.9 Å². The Morgan fingerprint density at radius 1 is 1.21 bits per heavy atom. The summed E-state index contributed by atoms with van der Waals surface area (Å²) in [5.74, 6) is -0.337. The van der Waals surface area contributed by atoms with Gasteiger partial charge in [-0.25, -0.2) is 9.78 Å². The van der Waals surface area contributed by atoms with Crippen molar-refractivity contribution in [3.8, 4) is 0 Å². The highest BCUT2D eigenvalue weighted by atomic mass is 32.1. The van der Waals surface area contributed by atoms with Crippen molar-refractivity contribution in [2.45, 2.75) is 39.8 Å². The Morgan fingerprint density at radius 2 is 1.97 bits per heavy atom. The van der Waals surface area contributed by atoms with E-state index in [0.717, 1.165) is 41.2 Å². The Balaban J connectivity index is 1.74. The number of benzene rings is 1. The van der Waals surface area contributed by atoms with Gasteiger partial charge in [-0.2, -0.15) is 0 Å². The zero-order valence-corrected chi connectivity index (χ0v) is 17.3. The number of carbonyl (C=O) groups is 1. The summed E-state index contributed by atoms with van der Waals surface area (Å²) >= 11 is 1.30. The first-order valence-corrected chi connectivity index (χ1v) is 10.5. The Labute approximate surface area is 171 Å². The first kappa shape index (κ1) is 19.4. The van der Waals surface area contributed by atoms with Crippen molar-refractivity contribution >= 4 is 38.4 Å². The van der Waals surface area contributed by atoms with E-state index in [1.807, 2.05) is 25.1 Å². The van der Waals surface area contributed by atoms with Crippen molar-refractivity contribution in [2.24, 2.45) is 0 Å². The van der Waals surface area contributed by atoms with E-state index in [9.17, 15) is 14.4 Å². The minimum absolute atomic E-state index is 0.202. The Bertz CT molecular complexity index is 1190. The fourth-order valence-electron chi connectivity index (χ4n) is 3.60. The normalized spacial score (nSPS) is 13.9. The molecule has 0 atom stereocenters. The number of aryl methyl sites for hydroxylation is 1. The van der Waals surface area contributed by atoms with Gasteiger partial charge in [-0.05, 0) is 44.4 Å². The molecule has 1 aromatic carbocycles. The lowest BCUT2D eigenvalue weighted by Crippen LogP contribution is -2.41. The number of rotatable bonds is 5. The van der Waals surface area contributed by atoms with Crippen molar-refractivity contribution < 1.29 is 4.79 Å². The average Bonchev–Trinajstić information content (AvgIpc) is 3.35. The van der Waals surface area contributed by atoms with Crippen molar-refractivity contribution in [3.05, 3.63) is 50.7 Å².